The van der Waals surface area contributed by atoms with E-state index < -0.39 is 9.84 Å². The lowest BCUT2D eigenvalue weighted by molar-refractivity contribution is -0.121. The largest absolute Gasteiger partial charge is 0.378 e. The molecule has 0 aliphatic carbocycles. The first-order chi connectivity index (χ1) is 11.2. The van der Waals surface area contributed by atoms with Gasteiger partial charge in [0.1, 0.15) is 0 Å². The maximum atomic E-state index is 12.3. The molecule has 1 N–H and O–H groups in total. The van der Waals surface area contributed by atoms with Crippen LogP contribution in [0.4, 0.5) is 0 Å². The summed E-state index contributed by atoms with van der Waals surface area (Å²) >= 11 is 0. The van der Waals surface area contributed by atoms with E-state index in [9.17, 15) is 13.2 Å². The first kappa shape index (κ1) is 18.9. The van der Waals surface area contributed by atoms with Crippen LogP contribution in [-0.2, 0) is 25.8 Å². The van der Waals surface area contributed by atoms with Crippen LogP contribution in [0, 0.1) is 0 Å². The molecule has 24 heavy (non-hydrogen) atoms. The van der Waals surface area contributed by atoms with Gasteiger partial charge in [-0.2, -0.15) is 0 Å². The molecule has 1 aromatic rings. The van der Waals surface area contributed by atoms with Gasteiger partial charge in [-0.25, -0.2) is 8.42 Å². The van der Waals surface area contributed by atoms with Crippen LogP contribution in [0.25, 0.3) is 0 Å². The third-order valence-corrected chi connectivity index (χ3v) is 5.52. The molecule has 134 valence electrons. The fraction of sp³-hybridized carbons (Fsp3) is 0.588. The number of carbonyl (C=O) groups is 1. The molecule has 0 unspecified atom stereocenters. The Balaban J connectivity index is 1.95. The summed E-state index contributed by atoms with van der Waals surface area (Å²) in [4.78, 5) is 14.8. The van der Waals surface area contributed by atoms with Gasteiger partial charge in [0.25, 0.3) is 0 Å². The van der Waals surface area contributed by atoms with E-state index in [0.717, 1.165) is 18.7 Å². The molecule has 1 aromatic carbocycles. The maximum Gasteiger partial charge on any atom is 0.224 e. The number of amides is 1. The second kappa shape index (κ2) is 7.63. The van der Waals surface area contributed by atoms with Gasteiger partial charge in [-0.1, -0.05) is 12.1 Å². The molecular formula is C17H26N2O4S. The predicted molar refractivity (Wildman–Crippen MR) is 92.7 cm³/mol. The third kappa shape index (κ3) is 4.78. The smallest absolute Gasteiger partial charge is 0.224 e. The second-order valence-corrected chi connectivity index (χ2v) is 8.60. The van der Waals surface area contributed by atoms with E-state index >= 15 is 0 Å². The van der Waals surface area contributed by atoms with Crippen molar-refractivity contribution in [3.05, 3.63) is 29.8 Å². The van der Waals surface area contributed by atoms with E-state index in [4.69, 9.17) is 4.74 Å². The van der Waals surface area contributed by atoms with Gasteiger partial charge in [0.05, 0.1) is 23.5 Å². The molecule has 1 amide bonds. The van der Waals surface area contributed by atoms with Crippen LogP contribution < -0.4 is 5.32 Å². The first-order valence-electron chi connectivity index (χ1n) is 8.06. The van der Waals surface area contributed by atoms with Crippen LogP contribution in [0.1, 0.15) is 19.4 Å². The van der Waals surface area contributed by atoms with Crippen LogP contribution in [0.2, 0.25) is 0 Å². The van der Waals surface area contributed by atoms with E-state index in [2.05, 4.69) is 24.1 Å². The molecule has 7 heteroatoms. The highest BCUT2D eigenvalue weighted by atomic mass is 32.2. The molecule has 2 rings (SSSR count). The zero-order valence-corrected chi connectivity index (χ0v) is 15.5. The van der Waals surface area contributed by atoms with Crippen molar-refractivity contribution >= 4 is 15.7 Å². The van der Waals surface area contributed by atoms with Gasteiger partial charge >= 0.3 is 0 Å². The lowest BCUT2D eigenvalue weighted by atomic mass is 10.1. The summed E-state index contributed by atoms with van der Waals surface area (Å²) in [6.45, 7) is 5.83. The average Bonchev–Trinajstić information content (AvgIpc) is 2.90. The van der Waals surface area contributed by atoms with Crippen molar-refractivity contribution in [3.63, 3.8) is 0 Å². The Labute approximate surface area is 144 Å². The van der Waals surface area contributed by atoms with E-state index in [1.807, 2.05) is 0 Å². The highest BCUT2D eigenvalue weighted by molar-refractivity contribution is 7.90. The summed E-state index contributed by atoms with van der Waals surface area (Å²) in [5.41, 5.74) is 0.785. The van der Waals surface area contributed by atoms with Gasteiger partial charge in [0.15, 0.2) is 9.84 Å². The van der Waals surface area contributed by atoms with E-state index in [-0.39, 0.29) is 29.4 Å². The summed E-state index contributed by atoms with van der Waals surface area (Å²) in [6, 6.07) is 6.81. The summed E-state index contributed by atoms with van der Waals surface area (Å²) in [6.07, 6.45) is 1.38. The summed E-state index contributed by atoms with van der Waals surface area (Å²) in [7, 11) is -1.55. The first-order valence-corrected chi connectivity index (χ1v) is 9.95. The van der Waals surface area contributed by atoms with Crippen LogP contribution in [0.5, 0.6) is 0 Å². The molecule has 1 aliphatic rings. The quantitative estimate of drug-likeness (QED) is 0.820. The number of methoxy groups -OCH3 is 1. The highest BCUT2D eigenvalue weighted by Gasteiger charge is 2.34. The zero-order chi connectivity index (χ0) is 17.9. The molecule has 2 atom stereocenters. The highest BCUT2D eigenvalue weighted by Crippen LogP contribution is 2.16. The van der Waals surface area contributed by atoms with Crippen LogP contribution in [0.15, 0.2) is 29.2 Å². The fourth-order valence-corrected chi connectivity index (χ4v) is 3.53. The molecule has 0 bridgehead atoms. The number of sulfone groups is 1. The zero-order valence-electron chi connectivity index (χ0n) is 14.7. The van der Waals surface area contributed by atoms with E-state index in [1.165, 1.54) is 18.4 Å². The summed E-state index contributed by atoms with van der Waals surface area (Å²) in [5, 5.41) is 3.03. The van der Waals surface area contributed by atoms with Gasteiger partial charge in [0, 0.05) is 32.5 Å². The molecule has 0 aromatic heterocycles. The summed E-state index contributed by atoms with van der Waals surface area (Å²) in [5.74, 6) is -0.0836. The summed E-state index contributed by atoms with van der Waals surface area (Å²) < 4.78 is 28.4. The SMILES string of the molecule is CO[C@H]1CN(C(C)C)C[C@@H]1NC(=O)Cc1ccc(S(C)(=O)=O)cc1. The number of hydrogen-bond acceptors (Lipinski definition) is 5. The topological polar surface area (TPSA) is 75.7 Å². The second-order valence-electron chi connectivity index (χ2n) is 6.59. The number of hydrogen-bond donors (Lipinski definition) is 1. The van der Waals surface area contributed by atoms with E-state index in [0.29, 0.717) is 6.04 Å². The molecular weight excluding hydrogens is 328 g/mol. The Morgan fingerprint density at radius 1 is 1.29 bits per heavy atom. The minimum absolute atomic E-state index is 0.0102. The number of rotatable bonds is 6. The van der Waals surface area contributed by atoms with Crippen molar-refractivity contribution in [2.45, 2.75) is 43.4 Å². The average molecular weight is 354 g/mol. The van der Waals surface area contributed by atoms with Crippen LogP contribution >= 0.6 is 0 Å². The van der Waals surface area contributed by atoms with Crippen molar-refractivity contribution in [1.82, 2.24) is 10.2 Å². The van der Waals surface area contributed by atoms with Crippen molar-refractivity contribution in [2.24, 2.45) is 0 Å². The Kier molecular flexibility index (Phi) is 6.01. The minimum atomic E-state index is -3.21. The van der Waals surface area contributed by atoms with Crippen molar-refractivity contribution in [3.8, 4) is 0 Å². The molecule has 0 spiro atoms. The van der Waals surface area contributed by atoms with E-state index in [1.54, 1.807) is 19.2 Å². The van der Waals surface area contributed by atoms with Gasteiger partial charge in [-0.15, -0.1) is 0 Å². The number of ether oxygens (including phenoxy) is 1. The molecule has 0 radical (unpaired) electrons. The third-order valence-electron chi connectivity index (χ3n) is 4.39. The molecule has 0 saturated carbocycles. The molecule has 1 aliphatic heterocycles. The van der Waals surface area contributed by atoms with Gasteiger partial charge < -0.3 is 10.1 Å². The Hall–Kier alpha value is -1.44. The molecule has 1 heterocycles. The molecule has 6 nitrogen and oxygen atoms in total. The number of nitrogens with one attached hydrogen (secondary N) is 1. The number of benzene rings is 1. The van der Waals surface area contributed by atoms with Gasteiger partial charge in [-0.05, 0) is 31.5 Å². The van der Waals surface area contributed by atoms with Gasteiger partial charge in [-0.3, -0.25) is 9.69 Å². The van der Waals surface area contributed by atoms with Crippen LogP contribution in [-0.4, -0.2) is 63.9 Å². The normalized spacial score (nSPS) is 22.0. The predicted octanol–water partition coefficient (Wildman–Crippen LogP) is 0.856. The van der Waals surface area contributed by atoms with Crippen molar-refractivity contribution in [2.75, 3.05) is 26.5 Å². The lowest BCUT2D eigenvalue weighted by Crippen LogP contribution is -2.44. The minimum Gasteiger partial charge on any atom is -0.378 e. The standard InChI is InChI=1S/C17H26N2O4S/c1-12(2)19-10-15(16(11-19)23-3)18-17(20)9-13-5-7-14(8-6-13)24(4,21)22/h5-8,12,15-16H,9-11H2,1-4H3,(H,18,20)/t15-,16-/m0/s1. The monoisotopic (exact) mass is 354 g/mol. The Morgan fingerprint density at radius 2 is 1.92 bits per heavy atom. The molecule has 1 fully saturated rings. The number of nitrogens with zero attached hydrogens (tertiary/aromatic N) is 1. The Bertz CT molecular complexity index is 670. The molecule has 1 saturated heterocycles. The number of carbonyl (C=O) groups excluding carboxylic acids is 1. The van der Waals surface area contributed by atoms with Gasteiger partial charge in [0.2, 0.25) is 5.91 Å². The fourth-order valence-electron chi connectivity index (χ4n) is 2.90. The number of likely N-dealkylation sites (tertiary alicyclic amines) is 1. The van der Waals surface area contributed by atoms with Crippen molar-refractivity contribution < 1.29 is 17.9 Å². The lowest BCUT2D eigenvalue weighted by Gasteiger charge is -2.20. The maximum absolute atomic E-state index is 12.3. The van der Waals surface area contributed by atoms with Crippen LogP contribution in [0.3, 0.4) is 0 Å². The van der Waals surface area contributed by atoms with Crippen molar-refractivity contribution in [1.29, 1.82) is 0 Å². The Morgan fingerprint density at radius 3 is 2.42 bits per heavy atom.